The molecule has 0 saturated carbocycles. The van der Waals surface area contributed by atoms with E-state index >= 15 is 0 Å². The van der Waals surface area contributed by atoms with Gasteiger partial charge in [0.1, 0.15) is 4.83 Å². The van der Waals surface area contributed by atoms with Gasteiger partial charge in [-0.2, -0.15) is 5.10 Å². The maximum Gasteiger partial charge on any atom is 0.267 e. The summed E-state index contributed by atoms with van der Waals surface area (Å²) in [7, 11) is 0. The Morgan fingerprint density at radius 1 is 1.17 bits per heavy atom. The molecule has 6 nitrogen and oxygen atoms in total. The van der Waals surface area contributed by atoms with Crippen LogP contribution in [0.1, 0.15) is 35.8 Å². The second-order valence-corrected chi connectivity index (χ2v) is 11.3. The molecule has 1 aliphatic carbocycles. The van der Waals surface area contributed by atoms with Gasteiger partial charge in [0, 0.05) is 15.5 Å². The van der Waals surface area contributed by atoms with Gasteiger partial charge in [-0.05, 0) is 62.4 Å². The number of benzene rings is 2. The number of hydrogen-bond acceptors (Lipinski definition) is 6. The zero-order valence-corrected chi connectivity index (χ0v) is 22.5. The number of rotatable bonds is 6. The van der Waals surface area contributed by atoms with Crippen LogP contribution in [0.2, 0.25) is 10.0 Å². The van der Waals surface area contributed by atoms with Crippen molar-refractivity contribution in [3.05, 3.63) is 84.9 Å². The molecule has 1 aliphatic rings. The Kier molecular flexibility index (Phi) is 7.48. The minimum Gasteiger partial charge on any atom is -0.272 e. The number of amides is 1. The SMILES string of the molecule is C/C(=N\NC(=O)CSc1nc2sc3c(c2c(=O)n1-c1ccccc1)CCCC3)c1ccc(Cl)cc1Cl. The quantitative estimate of drug-likeness (QED) is 0.131. The monoisotopic (exact) mass is 556 g/mol. The molecule has 0 bridgehead atoms. The molecule has 0 aliphatic heterocycles. The topological polar surface area (TPSA) is 76.3 Å². The summed E-state index contributed by atoms with van der Waals surface area (Å²) >= 11 is 15.0. The van der Waals surface area contributed by atoms with Gasteiger partial charge in [-0.25, -0.2) is 10.4 Å². The fourth-order valence-corrected chi connectivity index (χ4v) is 6.89. The highest BCUT2D eigenvalue weighted by Crippen LogP contribution is 2.35. The highest BCUT2D eigenvalue weighted by Gasteiger charge is 2.23. The van der Waals surface area contributed by atoms with E-state index in [0.717, 1.165) is 41.8 Å². The van der Waals surface area contributed by atoms with Gasteiger partial charge in [-0.3, -0.25) is 14.2 Å². The Morgan fingerprint density at radius 2 is 1.94 bits per heavy atom. The number of para-hydroxylation sites is 1. The standard InChI is InChI=1S/C26H22Cl2N4O2S2/c1-15(18-12-11-16(27)13-20(18)28)30-31-22(33)14-35-26-29-24-23(19-9-5-6-10-21(19)36-24)25(34)32(26)17-7-3-2-4-8-17/h2-4,7-8,11-13H,5-6,9-10,14H2,1H3,(H,31,33)/b30-15+. The van der Waals surface area contributed by atoms with Crippen LogP contribution in [-0.4, -0.2) is 26.9 Å². The lowest BCUT2D eigenvalue weighted by molar-refractivity contribution is -0.118. The number of fused-ring (bicyclic) bond motifs is 3. The summed E-state index contributed by atoms with van der Waals surface area (Å²) in [4.78, 5) is 33.2. The molecule has 2 aromatic carbocycles. The zero-order chi connectivity index (χ0) is 25.2. The average Bonchev–Trinajstić information content (AvgIpc) is 3.25. The maximum absolute atomic E-state index is 13.7. The molecule has 4 aromatic rings. The smallest absolute Gasteiger partial charge is 0.267 e. The van der Waals surface area contributed by atoms with Crippen LogP contribution >= 0.6 is 46.3 Å². The Labute approximate surface area is 226 Å². The van der Waals surface area contributed by atoms with Gasteiger partial charge in [-0.15, -0.1) is 11.3 Å². The Morgan fingerprint density at radius 3 is 2.72 bits per heavy atom. The number of hydrazone groups is 1. The summed E-state index contributed by atoms with van der Waals surface area (Å²) in [5.41, 5.74) is 5.59. The van der Waals surface area contributed by atoms with Crippen LogP contribution in [0.5, 0.6) is 0 Å². The van der Waals surface area contributed by atoms with Crippen molar-refractivity contribution in [3.8, 4) is 5.69 Å². The van der Waals surface area contributed by atoms with Crippen molar-refractivity contribution < 1.29 is 4.79 Å². The number of hydrogen-bond donors (Lipinski definition) is 1. The lowest BCUT2D eigenvalue weighted by Crippen LogP contribution is -2.24. The molecule has 0 radical (unpaired) electrons. The predicted molar refractivity (Wildman–Crippen MR) is 149 cm³/mol. The molecular weight excluding hydrogens is 535 g/mol. The first-order valence-corrected chi connectivity index (χ1v) is 14.0. The highest BCUT2D eigenvalue weighted by molar-refractivity contribution is 7.99. The van der Waals surface area contributed by atoms with Crippen LogP contribution in [0, 0.1) is 0 Å². The Bertz CT molecular complexity index is 1550. The van der Waals surface area contributed by atoms with E-state index in [9.17, 15) is 9.59 Å². The molecule has 1 amide bonds. The highest BCUT2D eigenvalue weighted by atomic mass is 35.5. The van der Waals surface area contributed by atoms with Crippen molar-refractivity contribution in [1.29, 1.82) is 0 Å². The second-order valence-electron chi connectivity index (χ2n) is 8.41. The summed E-state index contributed by atoms with van der Waals surface area (Å²) in [6.45, 7) is 1.75. The van der Waals surface area contributed by atoms with E-state index in [-0.39, 0.29) is 17.2 Å². The molecular formula is C26H22Cl2N4O2S2. The summed E-state index contributed by atoms with van der Waals surface area (Å²) in [6, 6.07) is 14.5. The largest absolute Gasteiger partial charge is 0.272 e. The third-order valence-electron chi connectivity index (χ3n) is 5.97. The van der Waals surface area contributed by atoms with E-state index < -0.39 is 0 Å². The second kappa shape index (κ2) is 10.8. The molecule has 5 rings (SSSR count). The lowest BCUT2D eigenvalue weighted by atomic mass is 9.97. The Balaban J connectivity index is 1.42. The van der Waals surface area contributed by atoms with E-state index in [2.05, 4.69) is 10.5 Å². The van der Waals surface area contributed by atoms with Gasteiger partial charge < -0.3 is 0 Å². The molecule has 10 heteroatoms. The van der Waals surface area contributed by atoms with Crippen LogP contribution < -0.4 is 11.0 Å². The van der Waals surface area contributed by atoms with Gasteiger partial charge in [0.05, 0.1) is 27.6 Å². The van der Waals surface area contributed by atoms with E-state index in [1.54, 1.807) is 41.0 Å². The minimum atomic E-state index is -0.316. The number of nitrogens with one attached hydrogen (secondary N) is 1. The normalized spacial score (nSPS) is 13.6. The van der Waals surface area contributed by atoms with Gasteiger partial charge in [0.2, 0.25) is 0 Å². The van der Waals surface area contributed by atoms with E-state index in [4.69, 9.17) is 28.2 Å². The average molecular weight is 558 g/mol. The van der Waals surface area contributed by atoms with Crippen molar-refractivity contribution in [3.63, 3.8) is 0 Å². The van der Waals surface area contributed by atoms with Gasteiger partial charge in [0.25, 0.3) is 11.5 Å². The molecule has 1 N–H and O–H groups in total. The number of thiophene rings is 1. The molecule has 0 saturated heterocycles. The minimum absolute atomic E-state index is 0.0427. The summed E-state index contributed by atoms with van der Waals surface area (Å²) in [5.74, 6) is -0.273. The number of aromatic nitrogens is 2. The molecule has 0 fully saturated rings. The van der Waals surface area contributed by atoms with Gasteiger partial charge in [0.15, 0.2) is 5.16 Å². The summed E-state index contributed by atoms with van der Waals surface area (Å²) in [5, 5.41) is 6.35. The molecule has 36 heavy (non-hydrogen) atoms. The molecule has 184 valence electrons. The Hall–Kier alpha value is -2.65. The van der Waals surface area contributed by atoms with E-state index in [1.807, 2.05) is 30.3 Å². The first-order chi connectivity index (χ1) is 17.4. The molecule has 2 heterocycles. The number of nitrogens with zero attached hydrogens (tertiary/aromatic N) is 3. The third-order valence-corrected chi connectivity index (χ3v) is 8.65. The van der Waals surface area contributed by atoms with Crippen LogP contribution in [0.15, 0.2) is 63.6 Å². The van der Waals surface area contributed by atoms with Crippen molar-refractivity contribution in [1.82, 2.24) is 15.0 Å². The summed E-state index contributed by atoms with van der Waals surface area (Å²) < 4.78 is 1.61. The van der Waals surface area contributed by atoms with E-state index in [1.165, 1.54) is 16.6 Å². The first kappa shape index (κ1) is 25.0. The summed E-state index contributed by atoms with van der Waals surface area (Å²) in [6.07, 6.45) is 4.11. The molecule has 0 unspecified atom stereocenters. The van der Waals surface area contributed by atoms with Crippen molar-refractivity contribution in [2.24, 2.45) is 5.10 Å². The lowest BCUT2D eigenvalue weighted by Gasteiger charge is -2.13. The number of carbonyl (C=O) groups excluding carboxylic acids is 1. The molecule has 2 aromatic heterocycles. The number of aryl methyl sites for hydroxylation is 2. The fourth-order valence-electron chi connectivity index (χ4n) is 4.24. The fraction of sp³-hybridized carbons (Fsp3) is 0.231. The van der Waals surface area contributed by atoms with Crippen LogP contribution in [-0.2, 0) is 17.6 Å². The molecule has 0 atom stereocenters. The third kappa shape index (κ3) is 5.09. The number of carbonyl (C=O) groups is 1. The van der Waals surface area contributed by atoms with Gasteiger partial charge >= 0.3 is 0 Å². The molecule has 0 spiro atoms. The number of halogens is 2. The van der Waals surface area contributed by atoms with Crippen LogP contribution in [0.25, 0.3) is 15.9 Å². The van der Waals surface area contributed by atoms with Crippen LogP contribution in [0.3, 0.4) is 0 Å². The van der Waals surface area contributed by atoms with Gasteiger partial charge in [-0.1, -0.05) is 59.2 Å². The van der Waals surface area contributed by atoms with Crippen molar-refractivity contribution in [2.45, 2.75) is 37.8 Å². The zero-order valence-electron chi connectivity index (χ0n) is 19.4. The van der Waals surface area contributed by atoms with Crippen LogP contribution in [0.4, 0.5) is 0 Å². The predicted octanol–water partition coefficient (Wildman–Crippen LogP) is 6.27. The number of thioether (sulfide) groups is 1. The van der Waals surface area contributed by atoms with Crippen molar-refractivity contribution >= 4 is 68.1 Å². The van der Waals surface area contributed by atoms with Crippen molar-refractivity contribution in [2.75, 3.05) is 5.75 Å². The maximum atomic E-state index is 13.7. The first-order valence-electron chi connectivity index (χ1n) is 11.5. The van der Waals surface area contributed by atoms with E-state index in [0.29, 0.717) is 31.9 Å².